The average Bonchev–Trinajstić information content (AvgIpc) is 2.15. The van der Waals surface area contributed by atoms with Crippen LogP contribution >= 0.6 is 0 Å². The van der Waals surface area contributed by atoms with Crippen molar-refractivity contribution in [2.75, 3.05) is 7.11 Å². The smallest absolute Gasteiger partial charge is 0.179 e. The maximum Gasteiger partial charge on any atom is 0.179 e. The van der Waals surface area contributed by atoms with E-state index < -0.39 is 6.04 Å². The Hall–Kier alpha value is -1.35. The molecule has 0 aromatic heterocycles. The first-order valence-electron chi connectivity index (χ1n) is 4.50. The largest absolute Gasteiger partial charge is 0.497 e. The summed E-state index contributed by atoms with van der Waals surface area (Å²) in [5, 5.41) is 0. The molecule has 1 unspecified atom stereocenters. The number of nitrogens with two attached hydrogens (primary N) is 1. The van der Waals surface area contributed by atoms with Crippen molar-refractivity contribution in [1.29, 1.82) is 0 Å². The first kappa shape index (κ1) is 10.7. The van der Waals surface area contributed by atoms with Crippen molar-refractivity contribution in [2.24, 2.45) is 5.73 Å². The summed E-state index contributed by atoms with van der Waals surface area (Å²) in [5.41, 5.74) is 7.12. The fourth-order valence-corrected chi connectivity index (χ4v) is 1.27. The van der Waals surface area contributed by atoms with Gasteiger partial charge in [0.15, 0.2) is 5.78 Å². The van der Waals surface area contributed by atoms with Crippen LogP contribution in [0.15, 0.2) is 18.2 Å². The van der Waals surface area contributed by atoms with Gasteiger partial charge >= 0.3 is 0 Å². The van der Waals surface area contributed by atoms with Crippen molar-refractivity contribution in [1.82, 2.24) is 0 Å². The molecule has 0 spiro atoms. The topological polar surface area (TPSA) is 52.3 Å². The molecule has 0 radical (unpaired) electrons. The highest BCUT2D eigenvalue weighted by molar-refractivity contribution is 6.00. The average molecular weight is 193 g/mol. The SMILES string of the molecule is COc1cc(C)cc(C(=O)C(C)N)c1. The molecule has 14 heavy (non-hydrogen) atoms. The second-order valence-electron chi connectivity index (χ2n) is 3.39. The summed E-state index contributed by atoms with van der Waals surface area (Å²) in [6.07, 6.45) is 0. The zero-order valence-corrected chi connectivity index (χ0v) is 8.70. The lowest BCUT2D eigenvalue weighted by Gasteiger charge is -2.07. The van der Waals surface area contributed by atoms with Gasteiger partial charge < -0.3 is 10.5 Å². The second-order valence-corrected chi connectivity index (χ2v) is 3.39. The molecule has 2 N–H and O–H groups in total. The molecule has 0 fully saturated rings. The number of hydrogen-bond donors (Lipinski definition) is 1. The Morgan fingerprint density at radius 1 is 1.43 bits per heavy atom. The summed E-state index contributed by atoms with van der Waals surface area (Å²) in [6, 6.07) is 4.92. The van der Waals surface area contributed by atoms with Crippen molar-refractivity contribution in [3.8, 4) is 5.75 Å². The van der Waals surface area contributed by atoms with Crippen LogP contribution in [0, 0.1) is 6.92 Å². The van der Waals surface area contributed by atoms with Crippen LogP contribution in [-0.4, -0.2) is 18.9 Å². The van der Waals surface area contributed by atoms with Crippen molar-refractivity contribution in [3.05, 3.63) is 29.3 Å². The number of aryl methyl sites for hydroxylation is 1. The van der Waals surface area contributed by atoms with Crippen LogP contribution in [0.2, 0.25) is 0 Å². The highest BCUT2D eigenvalue weighted by atomic mass is 16.5. The van der Waals surface area contributed by atoms with Gasteiger partial charge in [0.2, 0.25) is 0 Å². The first-order chi connectivity index (χ1) is 6.54. The number of ether oxygens (including phenoxy) is 1. The van der Waals surface area contributed by atoms with Crippen LogP contribution < -0.4 is 10.5 Å². The lowest BCUT2D eigenvalue weighted by atomic mass is 10.0. The third kappa shape index (κ3) is 2.33. The molecule has 1 atom stereocenters. The highest BCUT2D eigenvalue weighted by Crippen LogP contribution is 2.17. The van der Waals surface area contributed by atoms with Crippen LogP contribution in [0.4, 0.5) is 0 Å². The molecule has 0 aliphatic heterocycles. The van der Waals surface area contributed by atoms with Crippen molar-refractivity contribution < 1.29 is 9.53 Å². The van der Waals surface area contributed by atoms with Gasteiger partial charge in [-0.05, 0) is 37.6 Å². The second kappa shape index (κ2) is 4.24. The molecule has 0 aliphatic rings. The summed E-state index contributed by atoms with van der Waals surface area (Å²) in [4.78, 5) is 11.6. The number of benzene rings is 1. The molecule has 0 heterocycles. The number of carbonyl (C=O) groups is 1. The Balaban J connectivity index is 3.09. The monoisotopic (exact) mass is 193 g/mol. The Labute approximate surface area is 83.9 Å². The Bertz CT molecular complexity index is 345. The molecule has 3 heteroatoms. The standard InChI is InChI=1S/C11H15NO2/c1-7-4-9(11(13)8(2)12)6-10(5-7)14-3/h4-6,8H,12H2,1-3H3. The molecule has 3 nitrogen and oxygen atoms in total. The minimum absolute atomic E-state index is 0.0630. The molecule has 1 aromatic carbocycles. The van der Waals surface area contributed by atoms with E-state index >= 15 is 0 Å². The van der Waals surface area contributed by atoms with Crippen molar-refractivity contribution in [2.45, 2.75) is 19.9 Å². The van der Waals surface area contributed by atoms with Crippen LogP contribution in [0.3, 0.4) is 0 Å². The van der Waals surface area contributed by atoms with E-state index in [2.05, 4.69) is 0 Å². The molecule has 0 bridgehead atoms. The van der Waals surface area contributed by atoms with Crippen molar-refractivity contribution >= 4 is 5.78 Å². The van der Waals surface area contributed by atoms with E-state index in [4.69, 9.17) is 10.5 Å². The summed E-state index contributed by atoms with van der Waals surface area (Å²) in [6.45, 7) is 3.59. The molecule has 0 amide bonds. The summed E-state index contributed by atoms with van der Waals surface area (Å²) in [5.74, 6) is 0.626. The number of hydrogen-bond acceptors (Lipinski definition) is 3. The first-order valence-corrected chi connectivity index (χ1v) is 4.50. The molecular formula is C11H15NO2. The number of ketones is 1. The van der Waals surface area contributed by atoms with Crippen LogP contribution in [0.5, 0.6) is 5.75 Å². The third-order valence-corrected chi connectivity index (χ3v) is 1.98. The maximum absolute atomic E-state index is 11.6. The Morgan fingerprint density at radius 3 is 2.57 bits per heavy atom. The van der Waals surface area contributed by atoms with E-state index in [9.17, 15) is 4.79 Å². The van der Waals surface area contributed by atoms with Gasteiger partial charge in [0.1, 0.15) is 5.75 Å². The maximum atomic E-state index is 11.6. The Kier molecular flexibility index (Phi) is 3.25. The van der Waals surface area contributed by atoms with Crippen molar-refractivity contribution in [3.63, 3.8) is 0 Å². The normalized spacial score (nSPS) is 12.3. The molecule has 0 saturated heterocycles. The van der Waals surface area contributed by atoms with E-state index in [1.165, 1.54) is 0 Å². The van der Waals surface area contributed by atoms with E-state index in [1.54, 1.807) is 20.1 Å². The number of rotatable bonds is 3. The fraction of sp³-hybridized carbons (Fsp3) is 0.364. The summed E-state index contributed by atoms with van der Waals surface area (Å²) in [7, 11) is 1.58. The number of carbonyl (C=O) groups excluding carboxylic acids is 1. The summed E-state index contributed by atoms with van der Waals surface area (Å²) < 4.78 is 5.07. The molecule has 76 valence electrons. The van der Waals surface area contributed by atoms with Gasteiger partial charge in [-0.3, -0.25) is 4.79 Å². The molecule has 1 rings (SSSR count). The minimum Gasteiger partial charge on any atom is -0.497 e. The fourth-order valence-electron chi connectivity index (χ4n) is 1.27. The zero-order chi connectivity index (χ0) is 10.7. The van der Waals surface area contributed by atoms with E-state index in [0.717, 1.165) is 5.56 Å². The van der Waals surface area contributed by atoms with Gasteiger partial charge in [-0.15, -0.1) is 0 Å². The number of Topliss-reactive ketones (excluding diaryl/α,β-unsaturated/α-hetero) is 1. The lowest BCUT2D eigenvalue weighted by molar-refractivity contribution is 0.0967. The predicted octanol–water partition coefficient (Wildman–Crippen LogP) is 1.53. The van der Waals surface area contributed by atoms with Gasteiger partial charge in [-0.25, -0.2) is 0 Å². The van der Waals surface area contributed by atoms with Crippen LogP contribution in [0.1, 0.15) is 22.8 Å². The quantitative estimate of drug-likeness (QED) is 0.741. The number of methoxy groups -OCH3 is 1. The van der Waals surface area contributed by atoms with E-state index in [1.807, 2.05) is 19.1 Å². The molecule has 1 aromatic rings. The van der Waals surface area contributed by atoms with E-state index in [0.29, 0.717) is 11.3 Å². The minimum atomic E-state index is -0.471. The molecule has 0 aliphatic carbocycles. The predicted molar refractivity (Wildman–Crippen MR) is 55.7 cm³/mol. The van der Waals surface area contributed by atoms with E-state index in [-0.39, 0.29) is 5.78 Å². The van der Waals surface area contributed by atoms with Gasteiger partial charge in [-0.2, -0.15) is 0 Å². The van der Waals surface area contributed by atoms with Gasteiger partial charge in [-0.1, -0.05) is 0 Å². The van der Waals surface area contributed by atoms with Gasteiger partial charge in [0.25, 0.3) is 0 Å². The highest BCUT2D eigenvalue weighted by Gasteiger charge is 2.11. The van der Waals surface area contributed by atoms with Crippen LogP contribution in [0.25, 0.3) is 0 Å². The molecule has 0 saturated carbocycles. The third-order valence-electron chi connectivity index (χ3n) is 1.98. The molecular weight excluding hydrogens is 178 g/mol. The Morgan fingerprint density at radius 2 is 2.07 bits per heavy atom. The van der Waals surface area contributed by atoms with Crippen LogP contribution in [-0.2, 0) is 0 Å². The van der Waals surface area contributed by atoms with Gasteiger partial charge in [0.05, 0.1) is 13.2 Å². The lowest BCUT2D eigenvalue weighted by Crippen LogP contribution is -2.26. The summed E-state index contributed by atoms with van der Waals surface area (Å²) >= 11 is 0. The van der Waals surface area contributed by atoms with Gasteiger partial charge in [0, 0.05) is 5.56 Å². The zero-order valence-electron chi connectivity index (χ0n) is 8.70.